The lowest BCUT2D eigenvalue weighted by molar-refractivity contribution is 0.0692. The van der Waals surface area contributed by atoms with Crippen LogP contribution in [0.2, 0.25) is 0 Å². The standard InChI is InChI=1S/C10H5N3O4S/c14-9(15)8-7(12-18-13-8)4-1-2-6-5(3-4)11-10(16)17-6/h1-3H,(H,11,16)(H,14,15). The molecule has 0 spiro atoms. The van der Waals surface area contributed by atoms with Gasteiger partial charge < -0.3 is 9.52 Å². The highest BCUT2D eigenvalue weighted by Gasteiger charge is 2.17. The van der Waals surface area contributed by atoms with E-state index in [4.69, 9.17) is 9.52 Å². The highest BCUT2D eigenvalue weighted by Crippen LogP contribution is 2.24. The monoisotopic (exact) mass is 263 g/mol. The predicted molar refractivity (Wildman–Crippen MR) is 62.7 cm³/mol. The second-order valence-electron chi connectivity index (χ2n) is 3.49. The van der Waals surface area contributed by atoms with Crippen LogP contribution in [0.3, 0.4) is 0 Å². The van der Waals surface area contributed by atoms with Crippen LogP contribution >= 0.6 is 11.7 Å². The van der Waals surface area contributed by atoms with Gasteiger partial charge in [0.1, 0.15) is 5.69 Å². The maximum atomic E-state index is 11.0. The molecule has 3 aromatic rings. The van der Waals surface area contributed by atoms with Crippen molar-refractivity contribution < 1.29 is 14.3 Å². The molecule has 0 unspecified atom stereocenters. The number of hydrogen-bond donors (Lipinski definition) is 2. The average Bonchev–Trinajstić information content (AvgIpc) is 2.91. The quantitative estimate of drug-likeness (QED) is 0.722. The van der Waals surface area contributed by atoms with Gasteiger partial charge in [0.05, 0.1) is 17.2 Å². The van der Waals surface area contributed by atoms with Gasteiger partial charge in [-0.25, -0.2) is 9.59 Å². The molecule has 7 nitrogen and oxygen atoms in total. The van der Waals surface area contributed by atoms with Crippen molar-refractivity contribution in [1.82, 2.24) is 13.7 Å². The molecule has 0 atom stereocenters. The van der Waals surface area contributed by atoms with Crippen LogP contribution in [0, 0.1) is 0 Å². The number of oxazole rings is 1. The molecule has 18 heavy (non-hydrogen) atoms. The first-order valence-corrected chi connectivity index (χ1v) is 5.57. The minimum atomic E-state index is -1.14. The highest BCUT2D eigenvalue weighted by molar-refractivity contribution is 6.99. The topological polar surface area (TPSA) is 109 Å². The van der Waals surface area contributed by atoms with Crippen LogP contribution in [0.1, 0.15) is 10.5 Å². The van der Waals surface area contributed by atoms with Crippen LogP contribution < -0.4 is 5.76 Å². The van der Waals surface area contributed by atoms with E-state index in [9.17, 15) is 9.59 Å². The van der Waals surface area contributed by atoms with Crippen LogP contribution in [0.25, 0.3) is 22.4 Å². The third kappa shape index (κ3) is 1.59. The van der Waals surface area contributed by atoms with Crippen LogP contribution in [-0.2, 0) is 0 Å². The lowest BCUT2D eigenvalue weighted by atomic mass is 10.1. The molecule has 0 radical (unpaired) electrons. The number of H-pyrrole nitrogens is 1. The molecule has 0 fully saturated rings. The fourth-order valence-corrected chi connectivity index (χ4v) is 2.18. The number of aromatic amines is 1. The zero-order chi connectivity index (χ0) is 12.7. The number of carboxylic acid groups (broad SMARTS) is 1. The van der Waals surface area contributed by atoms with E-state index in [0.29, 0.717) is 16.7 Å². The van der Waals surface area contributed by atoms with Gasteiger partial charge >= 0.3 is 11.7 Å². The van der Waals surface area contributed by atoms with E-state index in [1.165, 1.54) is 0 Å². The molecule has 0 saturated heterocycles. The van der Waals surface area contributed by atoms with Gasteiger partial charge in [-0.05, 0) is 18.2 Å². The summed E-state index contributed by atoms with van der Waals surface area (Å²) in [4.78, 5) is 24.5. The van der Waals surface area contributed by atoms with E-state index >= 15 is 0 Å². The van der Waals surface area contributed by atoms with Crippen molar-refractivity contribution in [3.63, 3.8) is 0 Å². The number of fused-ring (bicyclic) bond motifs is 1. The van der Waals surface area contributed by atoms with Crippen LogP contribution in [0.5, 0.6) is 0 Å². The summed E-state index contributed by atoms with van der Waals surface area (Å²) >= 11 is 0.824. The smallest absolute Gasteiger partial charge is 0.417 e. The van der Waals surface area contributed by atoms with Crippen LogP contribution in [0.4, 0.5) is 0 Å². The van der Waals surface area contributed by atoms with Crippen LogP contribution in [-0.4, -0.2) is 24.8 Å². The van der Waals surface area contributed by atoms with Crippen molar-refractivity contribution in [2.24, 2.45) is 0 Å². The van der Waals surface area contributed by atoms with E-state index in [2.05, 4.69) is 13.7 Å². The number of benzene rings is 1. The molecule has 90 valence electrons. The Kier molecular flexibility index (Phi) is 2.23. The molecular formula is C10H5N3O4S. The zero-order valence-corrected chi connectivity index (χ0v) is 9.52. The number of aromatic nitrogens is 3. The molecule has 0 bridgehead atoms. The highest BCUT2D eigenvalue weighted by atomic mass is 32.1. The van der Waals surface area contributed by atoms with Crippen LogP contribution in [0.15, 0.2) is 27.4 Å². The average molecular weight is 263 g/mol. The summed E-state index contributed by atoms with van der Waals surface area (Å²) in [5.74, 6) is -1.70. The Hall–Kier alpha value is -2.48. The van der Waals surface area contributed by atoms with E-state index in [0.717, 1.165) is 11.7 Å². The largest absolute Gasteiger partial charge is 0.476 e. The van der Waals surface area contributed by atoms with Gasteiger partial charge in [-0.15, -0.1) is 0 Å². The van der Waals surface area contributed by atoms with Crippen molar-refractivity contribution in [2.45, 2.75) is 0 Å². The fourth-order valence-electron chi connectivity index (χ4n) is 1.62. The number of carbonyl (C=O) groups is 1. The van der Waals surface area contributed by atoms with Gasteiger partial charge in [0, 0.05) is 5.56 Å². The molecule has 0 amide bonds. The Morgan fingerprint density at radius 3 is 3.00 bits per heavy atom. The number of hydrogen-bond acceptors (Lipinski definition) is 6. The molecule has 3 rings (SSSR count). The normalized spacial score (nSPS) is 10.9. The minimum Gasteiger partial charge on any atom is -0.476 e. The molecule has 1 aromatic carbocycles. The summed E-state index contributed by atoms with van der Waals surface area (Å²) in [7, 11) is 0. The molecule has 2 N–H and O–H groups in total. The van der Waals surface area contributed by atoms with Gasteiger partial charge in [0.25, 0.3) is 0 Å². The minimum absolute atomic E-state index is 0.106. The number of nitrogens with one attached hydrogen (secondary N) is 1. The molecular weight excluding hydrogens is 258 g/mol. The Balaban J connectivity index is 2.21. The number of carboxylic acids is 1. The van der Waals surface area contributed by atoms with E-state index in [1.807, 2.05) is 0 Å². The molecule has 0 aliphatic rings. The molecule has 2 heterocycles. The second kappa shape index (κ2) is 3.77. The maximum absolute atomic E-state index is 11.0. The first-order valence-electron chi connectivity index (χ1n) is 4.84. The first kappa shape index (κ1) is 10.7. The summed E-state index contributed by atoms with van der Waals surface area (Å²) in [5.41, 5.74) is 1.62. The summed E-state index contributed by atoms with van der Waals surface area (Å²) < 4.78 is 12.5. The third-order valence-corrected chi connectivity index (χ3v) is 2.91. The Bertz CT molecular complexity index is 801. The number of nitrogens with zero attached hydrogens (tertiary/aromatic N) is 2. The Labute approximate surface area is 103 Å². The first-order chi connectivity index (χ1) is 8.65. The van der Waals surface area contributed by atoms with Gasteiger partial charge in [0.2, 0.25) is 0 Å². The van der Waals surface area contributed by atoms with Crippen molar-refractivity contribution in [3.8, 4) is 11.3 Å². The Morgan fingerprint density at radius 1 is 1.39 bits per heavy atom. The summed E-state index contributed by atoms with van der Waals surface area (Å²) in [6, 6.07) is 4.80. The summed E-state index contributed by atoms with van der Waals surface area (Å²) in [6.07, 6.45) is 0. The number of aromatic carboxylic acids is 1. The summed E-state index contributed by atoms with van der Waals surface area (Å²) in [5, 5.41) is 8.96. The number of rotatable bonds is 2. The Morgan fingerprint density at radius 2 is 2.22 bits per heavy atom. The molecule has 8 heteroatoms. The van der Waals surface area contributed by atoms with Crippen molar-refractivity contribution in [3.05, 3.63) is 34.4 Å². The van der Waals surface area contributed by atoms with Crippen molar-refractivity contribution in [1.29, 1.82) is 0 Å². The van der Waals surface area contributed by atoms with Crippen molar-refractivity contribution >= 4 is 28.8 Å². The van der Waals surface area contributed by atoms with Gasteiger partial charge in [-0.3, -0.25) is 4.98 Å². The van der Waals surface area contributed by atoms with Gasteiger partial charge in [0.15, 0.2) is 11.3 Å². The van der Waals surface area contributed by atoms with E-state index < -0.39 is 11.7 Å². The molecule has 0 aliphatic carbocycles. The maximum Gasteiger partial charge on any atom is 0.417 e. The van der Waals surface area contributed by atoms with Gasteiger partial charge in [-0.2, -0.15) is 8.75 Å². The predicted octanol–water partition coefficient (Wildman–Crippen LogP) is 1.34. The lowest BCUT2D eigenvalue weighted by Crippen LogP contribution is -1.99. The SMILES string of the molecule is O=C(O)c1nsnc1-c1ccc2oc(=O)[nH]c2c1. The second-order valence-corrected chi connectivity index (χ2v) is 4.02. The van der Waals surface area contributed by atoms with Crippen molar-refractivity contribution in [2.75, 3.05) is 0 Å². The fraction of sp³-hybridized carbons (Fsp3) is 0. The van der Waals surface area contributed by atoms with E-state index in [1.54, 1.807) is 18.2 Å². The third-order valence-electron chi connectivity index (χ3n) is 2.38. The lowest BCUT2D eigenvalue weighted by Gasteiger charge is -1.97. The zero-order valence-electron chi connectivity index (χ0n) is 8.71. The molecule has 0 saturated carbocycles. The molecule has 0 aliphatic heterocycles. The molecule has 2 aromatic heterocycles. The van der Waals surface area contributed by atoms with E-state index in [-0.39, 0.29) is 11.4 Å². The van der Waals surface area contributed by atoms with Gasteiger partial charge in [-0.1, -0.05) is 0 Å². The summed E-state index contributed by atoms with van der Waals surface area (Å²) in [6.45, 7) is 0.